The molecule has 1 saturated heterocycles. The van der Waals surface area contributed by atoms with E-state index in [4.69, 9.17) is 0 Å². The number of hydrogen-bond acceptors (Lipinski definition) is 4. The van der Waals surface area contributed by atoms with Crippen LogP contribution >= 0.6 is 0 Å². The van der Waals surface area contributed by atoms with Crippen LogP contribution in [0.5, 0.6) is 0 Å². The third-order valence-electron chi connectivity index (χ3n) is 5.98. The first-order chi connectivity index (χ1) is 13.6. The molecule has 1 aromatic carbocycles. The number of nitrogens with zero attached hydrogens (tertiary/aromatic N) is 2. The Morgan fingerprint density at radius 2 is 1.75 bits per heavy atom. The molecule has 0 bridgehead atoms. The normalized spacial score (nSPS) is 20.9. The maximum Gasteiger partial charge on any atom is 0.321 e. The molecule has 2 N–H and O–H groups in total. The van der Waals surface area contributed by atoms with Gasteiger partial charge in [-0.15, -0.1) is 0 Å². The van der Waals surface area contributed by atoms with E-state index in [0.29, 0.717) is 0 Å². The highest BCUT2D eigenvalue weighted by Gasteiger charge is 2.26. The van der Waals surface area contributed by atoms with E-state index in [1.54, 1.807) is 0 Å². The van der Waals surface area contributed by atoms with Crippen molar-refractivity contribution in [3.05, 3.63) is 35.9 Å². The second-order valence-electron chi connectivity index (χ2n) is 8.12. The minimum Gasteiger partial charge on any atom is -0.335 e. The van der Waals surface area contributed by atoms with Crippen molar-refractivity contribution in [1.29, 1.82) is 0 Å². The van der Waals surface area contributed by atoms with Crippen molar-refractivity contribution in [3.63, 3.8) is 0 Å². The van der Waals surface area contributed by atoms with Crippen LogP contribution in [-0.2, 0) is 11.3 Å². The number of benzene rings is 1. The Labute approximate surface area is 168 Å². The smallest absolute Gasteiger partial charge is 0.321 e. The Balaban J connectivity index is 1.43. The van der Waals surface area contributed by atoms with Crippen molar-refractivity contribution in [3.8, 4) is 0 Å². The summed E-state index contributed by atoms with van der Waals surface area (Å²) in [5.74, 6) is -0.204. The van der Waals surface area contributed by atoms with Gasteiger partial charge in [0.15, 0.2) is 0 Å². The summed E-state index contributed by atoms with van der Waals surface area (Å²) in [4.78, 5) is 29.3. The Morgan fingerprint density at radius 3 is 2.50 bits per heavy atom. The number of amides is 3. The fraction of sp³-hybridized carbons (Fsp3) is 0.636. The van der Waals surface area contributed by atoms with Gasteiger partial charge in [-0.25, -0.2) is 4.79 Å². The summed E-state index contributed by atoms with van der Waals surface area (Å²) in [6.07, 6.45) is 6.61. The predicted octanol–water partition coefficient (Wildman–Crippen LogP) is 2.74. The quantitative estimate of drug-likeness (QED) is 0.817. The molecule has 2 aliphatic rings. The van der Waals surface area contributed by atoms with Crippen molar-refractivity contribution < 1.29 is 9.59 Å². The van der Waals surface area contributed by atoms with Crippen LogP contribution in [0.1, 0.15) is 51.0 Å². The molecule has 1 aliphatic heterocycles. The average molecular weight is 387 g/mol. The SMILES string of the molecule is CC(C(=O)NC(=O)NC1CCCCC1)N1CCCN(Cc2ccccc2)CC1. The van der Waals surface area contributed by atoms with Gasteiger partial charge in [0, 0.05) is 32.2 Å². The molecule has 1 unspecified atom stereocenters. The van der Waals surface area contributed by atoms with Gasteiger partial charge < -0.3 is 5.32 Å². The molecule has 0 spiro atoms. The standard InChI is InChI=1S/C22H34N4O2/c1-18(21(27)24-22(28)23-20-11-6-3-7-12-20)26-14-8-13-25(15-16-26)17-19-9-4-2-5-10-19/h2,4-5,9-10,18,20H,3,6-8,11-17H2,1H3,(H2,23,24,27,28). The van der Waals surface area contributed by atoms with E-state index in [1.807, 2.05) is 13.0 Å². The number of carbonyl (C=O) groups excluding carboxylic acids is 2. The minimum absolute atomic E-state index is 0.204. The summed E-state index contributed by atoms with van der Waals surface area (Å²) in [5.41, 5.74) is 1.32. The molecule has 1 aliphatic carbocycles. The van der Waals surface area contributed by atoms with Crippen molar-refractivity contribution in [2.45, 2.75) is 64.1 Å². The fourth-order valence-electron chi connectivity index (χ4n) is 4.23. The average Bonchev–Trinajstić information content (AvgIpc) is 2.94. The molecule has 154 valence electrons. The number of imide groups is 1. The summed E-state index contributed by atoms with van der Waals surface area (Å²) < 4.78 is 0. The maximum atomic E-state index is 12.6. The highest BCUT2D eigenvalue weighted by atomic mass is 16.2. The lowest BCUT2D eigenvalue weighted by Gasteiger charge is -2.27. The van der Waals surface area contributed by atoms with Gasteiger partial charge in [-0.2, -0.15) is 0 Å². The van der Waals surface area contributed by atoms with Crippen LogP contribution in [0.15, 0.2) is 30.3 Å². The van der Waals surface area contributed by atoms with E-state index in [1.165, 1.54) is 12.0 Å². The largest absolute Gasteiger partial charge is 0.335 e. The second kappa shape index (κ2) is 10.6. The molecule has 1 saturated carbocycles. The molecule has 1 aromatic rings. The van der Waals surface area contributed by atoms with Crippen molar-refractivity contribution in [1.82, 2.24) is 20.4 Å². The van der Waals surface area contributed by atoms with Crippen LogP contribution in [-0.4, -0.2) is 60.0 Å². The van der Waals surface area contributed by atoms with Crippen LogP contribution in [0.4, 0.5) is 4.79 Å². The Kier molecular flexibility index (Phi) is 7.86. The van der Waals surface area contributed by atoms with Gasteiger partial charge in [0.25, 0.3) is 0 Å². The number of nitrogens with one attached hydrogen (secondary N) is 2. The highest BCUT2D eigenvalue weighted by molar-refractivity contribution is 5.96. The highest BCUT2D eigenvalue weighted by Crippen LogP contribution is 2.17. The Morgan fingerprint density at radius 1 is 1.00 bits per heavy atom. The predicted molar refractivity (Wildman–Crippen MR) is 111 cm³/mol. The lowest BCUT2D eigenvalue weighted by Crippen LogP contribution is -2.52. The third kappa shape index (κ3) is 6.31. The lowest BCUT2D eigenvalue weighted by atomic mass is 9.96. The zero-order chi connectivity index (χ0) is 19.8. The minimum atomic E-state index is -0.343. The Bertz CT molecular complexity index is 631. The van der Waals surface area contributed by atoms with Crippen molar-refractivity contribution >= 4 is 11.9 Å². The number of hydrogen-bond donors (Lipinski definition) is 2. The summed E-state index contributed by atoms with van der Waals surface area (Å²) in [6, 6.07) is 10.1. The molecule has 6 nitrogen and oxygen atoms in total. The molecule has 28 heavy (non-hydrogen) atoms. The maximum absolute atomic E-state index is 12.6. The Hall–Kier alpha value is -1.92. The van der Waals surface area contributed by atoms with Crippen LogP contribution in [0.2, 0.25) is 0 Å². The second-order valence-corrected chi connectivity index (χ2v) is 8.12. The molecule has 6 heteroatoms. The van der Waals surface area contributed by atoms with E-state index in [2.05, 4.69) is 44.7 Å². The summed E-state index contributed by atoms with van der Waals surface area (Å²) in [6.45, 7) is 6.52. The summed E-state index contributed by atoms with van der Waals surface area (Å²) in [7, 11) is 0. The van der Waals surface area contributed by atoms with E-state index < -0.39 is 0 Å². The van der Waals surface area contributed by atoms with Gasteiger partial charge >= 0.3 is 6.03 Å². The molecule has 0 aromatic heterocycles. The number of rotatable bonds is 5. The molecule has 3 amide bonds. The van der Waals surface area contributed by atoms with Crippen molar-refractivity contribution in [2.75, 3.05) is 26.2 Å². The van der Waals surface area contributed by atoms with Gasteiger partial charge in [0.05, 0.1) is 6.04 Å². The van der Waals surface area contributed by atoms with Gasteiger partial charge in [0.1, 0.15) is 0 Å². The number of urea groups is 1. The van der Waals surface area contributed by atoms with E-state index in [-0.39, 0.29) is 24.0 Å². The van der Waals surface area contributed by atoms with Gasteiger partial charge in [0.2, 0.25) is 5.91 Å². The first kappa shape index (κ1) is 20.8. The van der Waals surface area contributed by atoms with Gasteiger partial charge in [-0.05, 0) is 38.3 Å². The summed E-state index contributed by atoms with van der Waals surface area (Å²) in [5, 5.41) is 5.51. The topological polar surface area (TPSA) is 64.7 Å². The van der Waals surface area contributed by atoms with E-state index in [0.717, 1.165) is 64.8 Å². The molecule has 0 radical (unpaired) electrons. The van der Waals surface area contributed by atoms with E-state index >= 15 is 0 Å². The van der Waals surface area contributed by atoms with Crippen molar-refractivity contribution in [2.24, 2.45) is 0 Å². The van der Waals surface area contributed by atoms with Gasteiger partial charge in [-0.3, -0.25) is 19.9 Å². The molecular formula is C22H34N4O2. The van der Waals surface area contributed by atoms with Gasteiger partial charge in [-0.1, -0.05) is 49.6 Å². The molecule has 1 heterocycles. The lowest BCUT2D eigenvalue weighted by molar-refractivity contribution is -0.124. The monoisotopic (exact) mass is 386 g/mol. The van der Waals surface area contributed by atoms with E-state index in [9.17, 15) is 9.59 Å². The molecular weight excluding hydrogens is 352 g/mol. The third-order valence-corrected chi connectivity index (χ3v) is 5.98. The van der Waals surface area contributed by atoms with Crippen LogP contribution in [0.3, 0.4) is 0 Å². The zero-order valence-corrected chi connectivity index (χ0v) is 17.0. The first-order valence-corrected chi connectivity index (χ1v) is 10.7. The molecule has 3 rings (SSSR count). The van der Waals surface area contributed by atoms with Crippen LogP contribution in [0.25, 0.3) is 0 Å². The molecule has 1 atom stereocenters. The fourth-order valence-corrected chi connectivity index (χ4v) is 4.23. The molecule has 2 fully saturated rings. The first-order valence-electron chi connectivity index (χ1n) is 10.7. The van der Waals surface area contributed by atoms with Crippen LogP contribution in [0, 0.1) is 0 Å². The number of carbonyl (C=O) groups is 2. The zero-order valence-electron chi connectivity index (χ0n) is 17.0. The van der Waals surface area contributed by atoms with Crippen LogP contribution < -0.4 is 10.6 Å². The summed E-state index contributed by atoms with van der Waals surface area (Å²) >= 11 is 0.